The van der Waals surface area contributed by atoms with E-state index in [4.69, 9.17) is 4.74 Å². The van der Waals surface area contributed by atoms with E-state index in [1.165, 1.54) is 5.56 Å². The van der Waals surface area contributed by atoms with Crippen molar-refractivity contribution in [3.63, 3.8) is 0 Å². The highest BCUT2D eigenvalue weighted by Gasteiger charge is 2.31. The van der Waals surface area contributed by atoms with Gasteiger partial charge in [-0.3, -0.25) is 19.9 Å². The average molecular weight is 392 g/mol. The van der Waals surface area contributed by atoms with Crippen LogP contribution in [0.4, 0.5) is 4.79 Å². The number of rotatable bonds is 7. The van der Waals surface area contributed by atoms with Gasteiger partial charge in [0.05, 0.1) is 11.9 Å². The van der Waals surface area contributed by atoms with Gasteiger partial charge in [-0.25, -0.2) is 0 Å². The number of hydrogen-bond acceptors (Lipinski definition) is 5. The number of benzene rings is 1. The number of pyridine rings is 1. The molecule has 0 bridgehead atoms. The number of hydrogen-bond donors (Lipinski definition) is 1. The first-order valence-corrected chi connectivity index (χ1v) is 9.19. The predicted molar refractivity (Wildman–Crippen MR) is 105 cm³/mol. The summed E-state index contributed by atoms with van der Waals surface area (Å²) in [5.74, 6) is 0.574. The van der Waals surface area contributed by atoms with Crippen LogP contribution in [0.1, 0.15) is 23.7 Å². The zero-order chi connectivity index (χ0) is 17.6. The van der Waals surface area contributed by atoms with Crippen molar-refractivity contribution in [2.45, 2.75) is 31.4 Å². The van der Waals surface area contributed by atoms with Crippen molar-refractivity contribution in [2.24, 2.45) is 0 Å². The zero-order valence-electron chi connectivity index (χ0n) is 15.0. The lowest BCUT2D eigenvalue weighted by atomic mass is 10.1. The first-order valence-electron chi connectivity index (χ1n) is 8.31. The van der Waals surface area contributed by atoms with Gasteiger partial charge < -0.3 is 15.7 Å². The van der Waals surface area contributed by atoms with Crippen molar-refractivity contribution >= 4 is 22.9 Å². The Morgan fingerprint density at radius 2 is 1.78 bits per heavy atom. The Kier molecular flexibility index (Phi) is 8.93. The monoisotopic (exact) mass is 392 g/mol. The van der Waals surface area contributed by atoms with Crippen LogP contribution in [0.5, 0.6) is 5.75 Å². The van der Waals surface area contributed by atoms with Crippen molar-refractivity contribution in [1.82, 2.24) is 10.3 Å². The topological polar surface area (TPSA) is 131 Å². The number of carbonyl (C=O) groups excluding carboxylic acids is 2. The molecule has 1 aliphatic heterocycles. The molecule has 7 nitrogen and oxygen atoms in total. The van der Waals surface area contributed by atoms with Crippen molar-refractivity contribution in [3.05, 3.63) is 59.4 Å². The SMILES string of the molecule is CCc1ccc(CCOc2ccc(CC3SC(=O)NC3=O)cc2)nc1.O.O. The van der Waals surface area contributed by atoms with E-state index in [1.807, 2.05) is 36.5 Å². The summed E-state index contributed by atoms with van der Waals surface area (Å²) in [7, 11) is 0. The van der Waals surface area contributed by atoms with Gasteiger partial charge in [0.2, 0.25) is 5.91 Å². The number of aromatic nitrogens is 1. The first kappa shape index (κ1) is 22.6. The Labute approximate surface area is 162 Å². The normalized spacial score (nSPS) is 15.5. The highest BCUT2D eigenvalue weighted by atomic mass is 32.2. The van der Waals surface area contributed by atoms with E-state index in [2.05, 4.69) is 23.3 Å². The molecule has 1 fully saturated rings. The summed E-state index contributed by atoms with van der Waals surface area (Å²) < 4.78 is 5.75. The Bertz CT molecular complexity index is 750. The lowest BCUT2D eigenvalue weighted by Crippen LogP contribution is -2.25. The largest absolute Gasteiger partial charge is 0.493 e. The van der Waals surface area contributed by atoms with Gasteiger partial charge in [-0.15, -0.1) is 0 Å². The standard InChI is InChI=1S/C19H20N2O3S.2H2O/c1-2-13-3-6-15(20-12-13)9-10-24-16-7-4-14(5-8-16)11-17-18(22)21-19(23)25-17;;/h3-8,12,17H,2,9-11H2,1H3,(H,21,22,23);2*1H2. The molecule has 1 aliphatic rings. The van der Waals surface area contributed by atoms with Gasteiger partial charge in [-0.05, 0) is 42.2 Å². The third-order valence-electron chi connectivity index (χ3n) is 4.03. The third-order valence-corrected chi connectivity index (χ3v) is 5.01. The van der Waals surface area contributed by atoms with Crippen LogP contribution in [0.15, 0.2) is 42.6 Å². The summed E-state index contributed by atoms with van der Waals surface area (Å²) in [5, 5.41) is 1.70. The smallest absolute Gasteiger partial charge is 0.286 e. The summed E-state index contributed by atoms with van der Waals surface area (Å²) >= 11 is 1.05. The molecule has 146 valence electrons. The third kappa shape index (κ3) is 6.35. The molecule has 1 aromatic carbocycles. The average Bonchev–Trinajstić information content (AvgIpc) is 2.94. The van der Waals surface area contributed by atoms with Crippen LogP contribution in [0, 0.1) is 0 Å². The summed E-state index contributed by atoms with van der Waals surface area (Å²) in [6.07, 6.45) is 4.19. The van der Waals surface area contributed by atoms with E-state index in [0.29, 0.717) is 13.0 Å². The Hall–Kier alpha value is -2.42. The molecule has 0 aliphatic carbocycles. The van der Waals surface area contributed by atoms with Gasteiger partial charge >= 0.3 is 0 Å². The van der Waals surface area contributed by atoms with Crippen LogP contribution in [-0.2, 0) is 24.1 Å². The van der Waals surface area contributed by atoms with E-state index in [0.717, 1.165) is 41.6 Å². The molecule has 0 radical (unpaired) electrons. The predicted octanol–water partition coefficient (Wildman–Crippen LogP) is 1.51. The Morgan fingerprint density at radius 1 is 1.07 bits per heavy atom. The first-order chi connectivity index (χ1) is 12.1. The molecule has 1 aromatic heterocycles. The summed E-state index contributed by atoms with van der Waals surface area (Å²) in [5.41, 5.74) is 3.25. The fourth-order valence-electron chi connectivity index (χ4n) is 2.55. The van der Waals surface area contributed by atoms with Gasteiger partial charge in [0.25, 0.3) is 5.24 Å². The molecule has 27 heavy (non-hydrogen) atoms. The van der Waals surface area contributed by atoms with Gasteiger partial charge in [-0.2, -0.15) is 0 Å². The van der Waals surface area contributed by atoms with Crippen LogP contribution in [0.2, 0.25) is 0 Å². The second kappa shape index (κ2) is 10.7. The van der Waals surface area contributed by atoms with E-state index in [1.54, 1.807) is 0 Å². The Morgan fingerprint density at radius 3 is 2.33 bits per heavy atom. The summed E-state index contributed by atoms with van der Waals surface area (Å²) in [6, 6.07) is 11.8. The molecule has 2 aromatic rings. The summed E-state index contributed by atoms with van der Waals surface area (Å²) in [6.45, 7) is 2.67. The minimum Gasteiger partial charge on any atom is -0.493 e. The number of nitrogens with zero attached hydrogens (tertiary/aromatic N) is 1. The number of nitrogens with one attached hydrogen (secondary N) is 1. The van der Waals surface area contributed by atoms with Crippen LogP contribution in [-0.4, -0.2) is 38.9 Å². The number of ether oxygens (including phenoxy) is 1. The van der Waals surface area contributed by atoms with Crippen molar-refractivity contribution in [2.75, 3.05) is 6.61 Å². The molecule has 2 heterocycles. The number of imide groups is 1. The quantitative estimate of drug-likeness (QED) is 0.763. The van der Waals surface area contributed by atoms with Gasteiger partial charge in [0, 0.05) is 18.3 Å². The Balaban J connectivity index is 0.00000182. The van der Waals surface area contributed by atoms with Crippen molar-refractivity contribution < 1.29 is 25.3 Å². The molecule has 1 atom stereocenters. The fraction of sp³-hybridized carbons (Fsp3) is 0.316. The summed E-state index contributed by atoms with van der Waals surface area (Å²) in [4.78, 5) is 27.2. The maximum Gasteiger partial charge on any atom is 0.286 e. The fourth-order valence-corrected chi connectivity index (χ4v) is 3.41. The molecule has 0 spiro atoms. The number of amides is 2. The lowest BCUT2D eigenvalue weighted by molar-refractivity contribution is -0.118. The minimum absolute atomic E-state index is 0. The number of carbonyl (C=O) groups is 2. The maximum absolute atomic E-state index is 11.6. The van der Waals surface area contributed by atoms with Gasteiger partial charge in [-0.1, -0.05) is 36.9 Å². The van der Waals surface area contributed by atoms with Crippen LogP contribution in [0.3, 0.4) is 0 Å². The van der Waals surface area contributed by atoms with Crippen molar-refractivity contribution in [1.29, 1.82) is 0 Å². The molecule has 3 rings (SSSR count). The molecule has 8 heteroatoms. The van der Waals surface area contributed by atoms with Crippen LogP contribution in [0.25, 0.3) is 0 Å². The number of thioether (sulfide) groups is 1. The molecule has 1 unspecified atom stereocenters. The molecule has 2 amide bonds. The molecule has 1 saturated heterocycles. The highest BCUT2D eigenvalue weighted by Crippen LogP contribution is 2.23. The molecule has 5 N–H and O–H groups in total. The maximum atomic E-state index is 11.6. The van der Waals surface area contributed by atoms with Crippen molar-refractivity contribution in [3.8, 4) is 5.75 Å². The number of aryl methyl sites for hydroxylation is 1. The van der Waals surface area contributed by atoms with Crippen LogP contribution < -0.4 is 10.1 Å². The highest BCUT2D eigenvalue weighted by molar-refractivity contribution is 8.15. The van der Waals surface area contributed by atoms with Gasteiger partial charge in [0.15, 0.2) is 0 Å². The van der Waals surface area contributed by atoms with E-state index in [9.17, 15) is 9.59 Å². The van der Waals surface area contributed by atoms with E-state index >= 15 is 0 Å². The molecular formula is C19H24N2O5S. The van der Waals surface area contributed by atoms with Gasteiger partial charge in [0.1, 0.15) is 5.75 Å². The molecule has 0 saturated carbocycles. The zero-order valence-corrected chi connectivity index (χ0v) is 15.8. The second-order valence-electron chi connectivity index (χ2n) is 5.84. The lowest BCUT2D eigenvalue weighted by Gasteiger charge is -2.09. The van der Waals surface area contributed by atoms with E-state index in [-0.39, 0.29) is 27.3 Å². The van der Waals surface area contributed by atoms with E-state index < -0.39 is 0 Å². The minimum atomic E-state index is -0.337. The van der Waals surface area contributed by atoms with Crippen LogP contribution >= 0.6 is 11.8 Å². The molecular weight excluding hydrogens is 368 g/mol. The second-order valence-corrected chi connectivity index (χ2v) is 7.02.